The Hall–Kier alpha value is -2.47. The SMILES string of the molecule is CC(C)C(=O)NCc1cc2cc(Cl)c(OCc3ccon3)cc2[nH]1. The summed E-state index contributed by atoms with van der Waals surface area (Å²) in [6.45, 7) is 4.44. The second-order valence-electron chi connectivity index (χ2n) is 5.82. The fraction of sp³-hybridized carbons (Fsp3) is 0.294. The monoisotopic (exact) mass is 347 g/mol. The predicted molar refractivity (Wildman–Crippen MR) is 90.8 cm³/mol. The van der Waals surface area contributed by atoms with Crippen molar-refractivity contribution in [1.82, 2.24) is 15.5 Å². The van der Waals surface area contributed by atoms with E-state index in [1.54, 1.807) is 6.07 Å². The van der Waals surface area contributed by atoms with E-state index in [9.17, 15) is 4.79 Å². The molecule has 2 N–H and O–H groups in total. The first-order valence-electron chi connectivity index (χ1n) is 7.64. The minimum absolute atomic E-state index is 0.0170. The van der Waals surface area contributed by atoms with Crippen LogP contribution >= 0.6 is 11.6 Å². The summed E-state index contributed by atoms with van der Waals surface area (Å²) >= 11 is 6.27. The molecular weight excluding hydrogens is 330 g/mol. The van der Waals surface area contributed by atoms with Crippen LogP contribution in [-0.2, 0) is 17.9 Å². The third kappa shape index (κ3) is 3.71. The maximum absolute atomic E-state index is 11.7. The molecule has 3 aromatic rings. The molecule has 7 heteroatoms. The molecule has 0 aliphatic heterocycles. The number of halogens is 1. The lowest BCUT2D eigenvalue weighted by Gasteiger charge is -2.06. The zero-order chi connectivity index (χ0) is 17.1. The van der Waals surface area contributed by atoms with Crippen LogP contribution in [0.15, 0.2) is 35.1 Å². The van der Waals surface area contributed by atoms with E-state index >= 15 is 0 Å². The highest BCUT2D eigenvalue weighted by Crippen LogP contribution is 2.31. The summed E-state index contributed by atoms with van der Waals surface area (Å²) in [5.41, 5.74) is 2.49. The van der Waals surface area contributed by atoms with Gasteiger partial charge in [0, 0.05) is 34.6 Å². The standard InChI is InChI=1S/C17H18ClN3O3/c1-10(2)17(22)19-8-13-5-11-6-14(18)16(7-15(11)20-13)23-9-12-3-4-24-21-12/h3-7,10,20H,8-9H2,1-2H3,(H,19,22). The predicted octanol–water partition coefficient (Wildman–Crippen LogP) is 3.66. The Bertz CT molecular complexity index is 840. The number of H-pyrrole nitrogens is 1. The van der Waals surface area contributed by atoms with Gasteiger partial charge in [-0.25, -0.2) is 0 Å². The van der Waals surface area contributed by atoms with Crippen LogP contribution in [0.5, 0.6) is 5.75 Å². The number of nitrogens with one attached hydrogen (secondary N) is 2. The molecule has 0 aliphatic carbocycles. The van der Waals surface area contributed by atoms with Crippen LogP contribution in [0.1, 0.15) is 25.2 Å². The molecule has 0 saturated carbocycles. The number of fused-ring (bicyclic) bond motifs is 1. The van der Waals surface area contributed by atoms with Crippen LogP contribution in [0.25, 0.3) is 10.9 Å². The first-order chi connectivity index (χ1) is 11.5. The quantitative estimate of drug-likeness (QED) is 0.713. The van der Waals surface area contributed by atoms with E-state index in [0.29, 0.717) is 23.0 Å². The Morgan fingerprint density at radius 1 is 1.42 bits per heavy atom. The first-order valence-corrected chi connectivity index (χ1v) is 8.01. The topological polar surface area (TPSA) is 80.2 Å². The van der Waals surface area contributed by atoms with Gasteiger partial charge in [-0.05, 0) is 12.1 Å². The van der Waals surface area contributed by atoms with Crippen LogP contribution in [0.3, 0.4) is 0 Å². The van der Waals surface area contributed by atoms with Crippen molar-refractivity contribution in [1.29, 1.82) is 0 Å². The third-order valence-corrected chi connectivity index (χ3v) is 3.87. The van der Waals surface area contributed by atoms with E-state index < -0.39 is 0 Å². The molecule has 0 saturated heterocycles. The molecule has 2 heterocycles. The Labute approximate surface area is 144 Å². The molecule has 126 valence electrons. The van der Waals surface area contributed by atoms with Crippen LogP contribution in [-0.4, -0.2) is 16.0 Å². The number of nitrogens with zero attached hydrogens (tertiary/aromatic N) is 1. The summed E-state index contributed by atoms with van der Waals surface area (Å²) in [7, 11) is 0. The second kappa shape index (κ2) is 6.97. The Morgan fingerprint density at radius 3 is 2.96 bits per heavy atom. The second-order valence-corrected chi connectivity index (χ2v) is 6.22. The van der Waals surface area contributed by atoms with E-state index in [0.717, 1.165) is 16.6 Å². The molecule has 1 aromatic carbocycles. The number of carbonyl (C=O) groups is 1. The Morgan fingerprint density at radius 2 is 2.25 bits per heavy atom. The molecule has 1 amide bonds. The van der Waals surface area contributed by atoms with E-state index in [2.05, 4.69) is 15.5 Å². The zero-order valence-corrected chi connectivity index (χ0v) is 14.2. The van der Waals surface area contributed by atoms with Gasteiger partial charge in [0.1, 0.15) is 24.3 Å². The van der Waals surface area contributed by atoms with Gasteiger partial charge in [-0.3, -0.25) is 4.79 Å². The molecule has 0 radical (unpaired) electrons. The molecule has 0 aliphatic rings. The summed E-state index contributed by atoms with van der Waals surface area (Å²) in [6.07, 6.45) is 1.49. The van der Waals surface area contributed by atoms with E-state index in [1.807, 2.05) is 32.0 Å². The van der Waals surface area contributed by atoms with Crippen molar-refractivity contribution in [2.24, 2.45) is 5.92 Å². The van der Waals surface area contributed by atoms with E-state index in [-0.39, 0.29) is 18.4 Å². The largest absolute Gasteiger partial charge is 0.486 e. The molecule has 0 atom stereocenters. The lowest BCUT2D eigenvalue weighted by atomic mass is 10.2. The van der Waals surface area contributed by atoms with Crippen molar-refractivity contribution in [3.8, 4) is 5.75 Å². The average molecular weight is 348 g/mol. The number of hydrogen-bond donors (Lipinski definition) is 2. The van der Waals surface area contributed by atoms with Gasteiger partial charge in [0.15, 0.2) is 0 Å². The Kier molecular flexibility index (Phi) is 4.76. The Balaban J connectivity index is 1.73. The van der Waals surface area contributed by atoms with Gasteiger partial charge in [-0.15, -0.1) is 0 Å². The minimum atomic E-state index is -0.0413. The van der Waals surface area contributed by atoms with E-state index in [4.69, 9.17) is 20.9 Å². The van der Waals surface area contributed by atoms with Crippen molar-refractivity contribution in [3.63, 3.8) is 0 Å². The van der Waals surface area contributed by atoms with Gasteiger partial charge in [0.2, 0.25) is 5.91 Å². The smallest absolute Gasteiger partial charge is 0.222 e. The normalized spacial score (nSPS) is 11.2. The molecule has 0 bridgehead atoms. The summed E-state index contributed by atoms with van der Waals surface area (Å²) in [5.74, 6) is 0.537. The lowest BCUT2D eigenvalue weighted by Crippen LogP contribution is -2.27. The lowest BCUT2D eigenvalue weighted by molar-refractivity contribution is -0.124. The maximum Gasteiger partial charge on any atom is 0.222 e. The molecule has 2 aromatic heterocycles. The number of aromatic nitrogens is 2. The van der Waals surface area contributed by atoms with Gasteiger partial charge in [-0.1, -0.05) is 30.6 Å². The van der Waals surface area contributed by atoms with Gasteiger partial charge in [0.25, 0.3) is 0 Å². The molecule has 0 fully saturated rings. The summed E-state index contributed by atoms with van der Waals surface area (Å²) in [5, 5.41) is 8.15. The van der Waals surface area contributed by atoms with Crippen LogP contribution in [0, 0.1) is 5.92 Å². The average Bonchev–Trinajstić information content (AvgIpc) is 3.19. The number of amides is 1. The molecule has 0 unspecified atom stereocenters. The van der Waals surface area contributed by atoms with E-state index in [1.165, 1.54) is 6.26 Å². The number of benzene rings is 1. The fourth-order valence-corrected chi connectivity index (χ4v) is 2.48. The van der Waals surface area contributed by atoms with Crippen LogP contribution < -0.4 is 10.1 Å². The molecule has 6 nitrogen and oxygen atoms in total. The van der Waals surface area contributed by atoms with Crippen molar-refractivity contribution in [3.05, 3.63) is 46.9 Å². The van der Waals surface area contributed by atoms with Gasteiger partial charge >= 0.3 is 0 Å². The first kappa shape index (κ1) is 16.4. The molecule has 0 spiro atoms. The number of aromatic amines is 1. The molecule has 24 heavy (non-hydrogen) atoms. The molecular formula is C17H18ClN3O3. The van der Waals surface area contributed by atoms with Crippen molar-refractivity contribution < 1.29 is 14.1 Å². The third-order valence-electron chi connectivity index (χ3n) is 3.57. The highest BCUT2D eigenvalue weighted by Gasteiger charge is 2.10. The summed E-state index contributed by atoms with van der Waals surface area (Å²) in [6, 6.07) is 7.37. The summed E-state index contributed by atoms with van der Waals surface area (Å²) in [4.78, 5) is 14.9. The number of ether oxygens (including phenoxy) is 1. The highest BCUT2D eigenvalue weighted by molar-refractivity contribution is 6.32. The molecule has 3 rings (SSSR count). The van der Waals surface area contributed by atoms with Crippen LogP contribution in [0.2, 0.25) is 5.02 Å². The minimum Gasteiger partial charge on any atom is -0.486 e. The maximum atomic E-state index is 11.7. The number of rotatable bonds is 6. The van der Waals surface area contributed by atoms with Crippen molar-refractivity contribution in [2.75, 3.05) is 0 Å². The van der Waals surface area contributed by atoms with Gasteiger partial charge in [-0.2, -0.15) is 0 Å². The van der Waals surface area contributed by atoms with Crippen molar-refractivity contribution in [2.45, 2.75) is 27.0 Å². The number of hydrogen-bond acceptors (Lipinski definition) is 4. The van der Waals surface area contributed by atoms with Crippen molar-refractivity contribution >= 4 is 28.4 Å². The van der Waals surface area contributed by atoms with Gasteiger partial charge < -0.3 is 19.6 Å². The number of carbonyl (C=O) groups excluding carboxylic acids is 1. The van der Waals surface area contributed by atoms with Crippen LogP contribution in [0.4, 0.5) is 0 Å². The fourth-order valence-electron chi connectivity index (χ4n) is 2.25. The zero-order valence-electron chi connectivity index (χ0n) is 13.4. The summed E-state index contributed by atoms with van der Waals surface area (Å²) < 4.78 is 10.5. The van der Waals surface area contributed by atoms with Gasteiger partial charge in [0.05, 0.1) is 11.6 Å². The highest BCUT2D eigenvalue weighted by atomic mass is 35.5.